The highest BCUT2D eigenvalue weighted by atomic mass is 16.3. The summed E-state index contributed by atoms with van der Waals surface area (Å²) in [6, 6.07) is 7.89. The number of aromatic hydroxyl groups is 1. The second-order valence-electron chi connectivity index (χ2n) is 6.02. The lowest BCUT2D eigenvalue weighted by atomic mass is 9.81. The fourth-order valence-corrected chi connectivity index (χ4v) is 3.07. The largest absolute Gasteiger partial charge is 0.508 e. The normalized spacial score (nSPS) is 25.2. The van der Waals surface area contributed by atoms with Crippen LogP contribution in [0.1, 0.15) is 57.6 Å². The molecule has 1 aromatic carbocycles. The molecule has 0 radical (unpaired) electrons. The number of nitrogens with one attached hydrogen (secondary N) is 1. The molecular weight excluding hydrogens is 234 g/mol. The van der Waals surface area contributed by atoms with Crippen LogP contribution in [-0.2, 0) is 0 Å². The van der Waals surface area contributed by atoms with Crippen LogP contribution < -0.4 is 5.32 Å². The molecule has 1 unspecified atom stereocenters. The van der Waals surface area contributed by atoms with Crippen molar-refractivity contribution in [2.75, 3.05) is 6.54 Å². The summed E-state index contributed by atoms with van der Waals surface area (Å²) in [6.07, 6.45) is 6.94. The number of hydrogen-bond acceptors (Lipinski definition) is 2. The van der Waals surface area contributed by atoms with Crippen molar-refractivity contribution in [1.82, 2.24) is 5.32 Å². The maximum Gasteiger partial charge on any atom is 0.115 e. The predicted octanol–water partition coefficient (Wildman–Crippen LogP) is 4.26. The molecule has 0 saturated heterocycles. The van der Waals surface area contributed by atoms with Crippen LogP contribution in [0.2, 0.25) is 0 Å². The van der Waals surface area contributed by atoms with E-state index in [1.165, 1.54) is 37.7 Å². The molecule has 1 saturated carbocycles. The van der Waals surface area contributed by atoms with E-state index in [1.54, 1.807) is 12.1 Å². The highest BCUT2D eigenvalue weighted by molar-refractivity contribution is 5.27. The fraction of sp³-hybridized carbons (Fsp3) is 0.647. The molecule has 2 rings (SSSR count). The van der Waals surface area contributed by atoms with Gasteiger partial charge in [0.1, 0.15) is 5.75 Å². The monoisotopic (exact) mass is 261 g/mol. The van der Waals surface area contributed by atoms with Crippen LogP contribution in [0, 0.1) is 11.8 Å². The zero-order valence-electron chi connectivity index (χ0n) is 12.2. The number of phenolic OH excluding ortho intramolecular Hbond substituents is 1. The van der Waals surface area contributed by atoms with Crippen molar-refractivity contribution < 1.29 is 5.11 Å². The topological polar surface area (TPSA) is 32.3 Å². The lowest BCUT2D eigenvalue weighted by molar-refractivity contribution is 0.258. The first-order valence-electron chi connectivity index (χ1n) is 7.71. The van der Waals surface area contributed by atoms with E-state index in [0.29, 0.717) is 11.8 Å². The number of benzene rings is 1. The van der Waals surface area contributed by atoms with Gasteiger partial charge in [0.2, 0.25) is 0 Å². The Morgan fingerprint density at radius 3 is 2.26 bits per heavy atom. The molecular formula is C17H27NO. The lowest BCUT2D eigenvalue weighted by Crippen LogP contribution is -2.28. The Morgan fingerprint density at radius 2 is 1.68 bits per heavy atom. The second-order valence-corrected chi connectivity index (χ2v) is 6.02. The van der Waals surface area contributed by atoms with E-state index in [0.717, 1.165) is 18.4 Å². The van der Waals surface area contributed by atoms with Crippen LogP contribution in [0.15, 0.2) is 24.3 Å². The van der Waals surface area contributed by atoms with Gasteiger partial charge in [-0.15, -0.1) is 0 Å². The molecule has 0 amide bonds. The smallest absolute Gasteiger partial charge is 0.115 e. The van der Waals surface area contributed by atoms with E-state index >= 15 is 0 Å². The van der Waals surface area contributed by atoms with Gasteiger partial charge in [0.15, 0.2) is 0 Å². The Labute approximate surface area is 117 Å². The molecule has 0 spiro atoms. The van der Waals surface area contributed by atoms with Gasteiger partial charge in [0, 0.05) is 6.04 Å². The van der Waals surface area contributed by atoms with Crippen molar-refractivity contribution in [3.63, 3.8) is 0 Å². The maximum atomic E-state index is 9.30. The van der Waals surface area contributed by atoms with E-state index in [9.17, 15) is 5.11 Å². The zero-order valence-corrected chi connectivity index (χ0v) is 12.2. The minimum absolute atomic E-state index is 0.342. The van der Waals surface area contributed by atoms with Gasteiger partial charge in [-0.1, -0.05) is 38.3 Å². The predicted molar refractivity (Wildman–Crippen MR) is 80.3 cm³/mol. The van der Waals surface area contributed by atoms with Crippen LogP contribution in [0.25, 0.3) is 0 Å². The first-order valence-corrected chi connectivity index (χ1v) is 7.71. The minimum atomic E-state index is 0.342. The van der Waals surface area contributed by atoms with Crippen LogP contribution >= 0.6 is 0 Å². The van der Waals surface area contributed by atoms with Gasteiger partial charge >= 0.3 is 0 Å². The molecule has 1 atom stereocenters. The number of hydrogen-bond donors (Lipinski definition) is 2. The van der Waals surface area contributed by atoms with Crippen LogP contribution in [0.5, 0.6) is 5.75 Å². The Hall–Kier alpha value is -1.02. The van der Waals surface area contributed by atoms with Crippen LogP contribution in [0.4, 0.5) is 0 Å². The third kappa shape index (κ3) is 4.24. The highest BCUT2D eigenvalue weighted by Gasteiger charge is 2.20. The fourth-order valence-electron chi connectivity index (χ4n) is 3.07. The molecule has 1 aliphatic rings. The average Bonchev–Trinajstić information content (AvgIpc) is 2.46. The molecule has 0 aliphatic heterocycles. The molecule has 2 heteroatoms. The Balaban J connectivity index is 1.75. The molecule has 2 nitrogen and oxygen atoms in total. The van der Waals surface area contributed by atoms with Crippen molar-refractivity contribution in [3.05, 3.63) is 29.8 Å². The molecule has 19 heavy (non-hydrogen) atoms. The average molecular weight is 261 g/mol. The molecule has 106 valence electrons. The second kappa shape index (κ2) is 6.95. The summed E-state index contributed by atoms with van der Waals surface area (Å²) in [5, 5.41) is 12.9. The van der Waals surface area contributed by atoms with Crippen molar-refractivity contribution in [3.8, 4) is 5.75 Å². The van der Waals surface area contributed by atoms with Crippen LogP contribution in [0.3, 0.4) is 0 Å². The van der Waals surface area contributed by atoms with Crippen molar-refractivity contribution in [2.24, 2.45) is 11.8 Å². The highest BCUT2D eigenvalue weighted by Crippen LogP contribution is 2.30. The summed E-state index contributed by atoms with van der Waals surface area (Å²) in [5.74, 6) is 2.17. The molecule has 2 N–H and O–H groups in total. The first-order chi connectivity index (χ1) is 9.19. The van der Waals surface area contributed by atoms with Gasteiger partial charge < -0.3 is 10.4 Å². The Morgan fingerprint density at radius 1 is 1.11 bits per heavy atom. The van der Waals surface area contributed by atoms with Crippen molar-refractivity contribution in [1.29, 1.82) is 0 Å². The van der Waals surface area contributed by atoms with Gasteiger partial charge in [-0.25, -0.2) is 0 Å². The minimum Gasteiger partial charge on any atom is -0.508 e. The molecule has 1 fully saturated rings. The van der Waals surface area contributed by atoms with Gasteiger partial charge in [0.05, 0.1) is 0 Å². The Bertz CT molecular complexity index is 365. The molecule has 1 aliphatic carbocycles. The summed E-state index contributed by atoms with van der Waals surface area (Å²) in [7, 11) is 0. The van der Waals surface area contributed by atoms with Gasteiger partial charge in [-0.2, -0.15) is 0 Å². The van der Waals surface area contributed by atoms with Gasteiger partial charge in [-0.05, 0) is 55.8 Å². The zero-order chi connectivity index (χ0) is 13.7. The summed E-state index contributed by atoms with van der Waals surface area (Å²) >= 11 is 0. The van der Waals surface area contributed by atoms with Gasteiger partial charge in [0.25, 0.3) is 0 Å². The number of phenols is 1. The van der Waals surface area contributed by atoms with Crippen molar-refractivity contribution in [2.45, 2.75) is 52.0 Å². The SMILES string of the molecule is CCC1CCC(CNC(C)c2ccc(O)cc2)CC1. The van der Waals surface area contributed by atoms with E-state index < -0.39 is 0 Å². The standard InChI is InChI=1S/C17H27NO/c1-3-14-4-6-15(7-5-14)12-18-13(2)16-8-10-17(19)11-9-16/h8-11,13-15,18-19H,3-7,12H2,1-2H3. The molecule has 0 bridgehead atoms. The first kappa shape index (κ1) is 14.4. The third-order valence-electron chi connectivity index (χ3n) is 4.65. The summed E-state index contributed by atoms with van der Waals surface area (Å²) in [6.45, 7) is 5.64. The van der Waals surface area contributed by atoms with E-state index in [1.807, 2.05) is 12.1 Å². The maximum absolute atomic E-state index is 9.30. The Kier molecular flexibility index (Phi) is 5.26. The van der Waals surface area contributed by atoms with E-state index in [-0.39, 0.29) is 0 Å². The third-order valence-corrected chi connectivity index (χ3v) is 4.65. The van der Waals surface area contributed by atoms with E-state index in [4.69, 9.17) is 0 Å². The molecule has 0 aromatic heterocycles. The summed E-state index contributed by atoms with van der Waals surface area (Å²) in [4.78, 5) is 0. The summed E-state index contributed by atoms with van der Waals surface area (Å²) in [5.41, 5.74) is 1.25. The lowest BCUT2D eigenvalue weighted by Gasteiger charge is -2.29. The van der Waals surface area contributed by atoms with Crippen molar-refractivity contribution >= 4 is 0 Å². The van der Waals surface area contributed by atoms with Crippen LogP contribution in [-0.4, -0.2) is 11.7 Å². The van der Waals surface area contributed by atoms with E-state index in [2.05, 4.69) is 19.2 Å². The molecule has 0 heterocycles. The van der Waals surface area contributed by atoms with Gasteiger partial charge in [-0.3, -0.25) is 0 Å². The number of rotatable bonds is 5. The molecule has 1 aromatic rings. The summed E-state index contributed by atoms with van der Waals surface area (Å²) < 4.78 is 0. The quantitative estimate of drug-likeness (QED) is 0.830.